The number of aliphatic hydroxyl groups excluding tert-OH is 1. The number of benzene rings is 1. The third-order valence-corrected chi connectivity index (χ3v) is 6.78. The van der Waals surface area contributed by atoms with Crippen LogP contribution in [0.2, 0.25) is 0 Å². The molecule has 0 aliphatic carbocycles. The highest BCUT2D eigenvalue weighted by molar-refractivity contribution is 5.51. The molecule has 1 atom stereocenters. The quantitative estimate of drug-likeness (QED) is 0.503. The van der Waals surface area contributed by atoms with Crippen molar-refractivity contribution >= 4 is 5.69 Å². The Kier molecular flexibility index (Phi) is 7.98. The van der Waals surface area contributed by atoms with Gasteiger partial charge in [-0.1, -0.05) is 11.1 Å². The summed E-state index contributed by atoms with van der Waals surface area (Å²) in [6.07, 6.45) is 2.84. The summed E-state index contributed by atoms with van der Waals surface area (Å²) in [6.45, 7) is 12.6. The van der Waals surface area contributed by atoms with Crippen LogP contribution in [-0.4, -0.2) is 95.2 Å². The molecule has 4 heterocycles. The van der Waals surface area contributed by atoms with Crippen LogP contribution in [0.1, 0.15) is 35.9 Å². The van der Waals surface area contributed by atoms with Crippen LogP contribution in [0.25, 0.3) is 0 Å². The van der Waals surface area contributed by atoms with E-state index in [2.05, 4.69) is 60.9 Å². The summed E-state index contributed by atoms with van der Waals surface area (Å²) < 4.78 is 12.7. The van der Waals surface area contributed by atoms with Crippen molar-refractivity contribution in [3.63, 3.8) is 0 Å². The molecule has 2 aliphatic heterocycles. The third kappa shape index (κ3) is 6.33. The maximum atomic E-state index is 9.81. The lowest BCUT2D eigenvalue weighted by Gasteiger charge is -2.37. The van der Waals surface area contributed by atoms with E-state index in [4.69, 9.17) is 9.26 Å². The number of nitrogens with zero attached hydrogens (tertiary/aromatic N) is 6. The Labute approximate surface area is 212 Å². The van der Waals surface area contributed by atoms with E-state index < -0.39 is 6.10 Å². The molecule has 2 aromatic heterocycles. The lowest BCUT2D eigenvalue weighted by molar-refractivity contribution is 0.0331. The molecule has 9 heteroatoms. The van der Waals surface area contributed by atoms with Gasteiger partial charge in [0.25, 0.3) is 0 Å². The number of hydrogen-bond donors (Lipinski definition) is 1. The highest BCUT2D eigenvalue weighted by atomic mass is 16.5. The molecule has 0 saturated carbocycles. The minimum atomic E-state index is -0.640. The van der Waals surface area contributed by atoms with Crippen molar-refractivity contribution in [2.75, 3.05) is 70.5 Å². The number of aromatic nitrogens is 3. The van der Waals surface area contributed by atoms with Gasteiger partial charge >= 0.3 is 0 Å². The fourth-order valence-corrected chi connectivity index (χ4v) is 4.67. The summed E-state index contributed by atoms with van der Waals surface area (Å²) in [6, 6.07) is 10.2. The van der Waals surface area contributed by atoms with E-state index >= 15 is 0 Å². The molecule has 0 radical (unpaired) electrons. The number of hydrogen-bond acceptors (Lipinski definition) is 8. The predicted octanol–water partition coefficient (Wildman–Crippen LogP) is 1.83. The van der Waals surface area contributed by atoms with Crippen LogP contribution in [-0.2, 0) is 11.3 Å². The predicted molar refractivity (Wildman–Crippen MR) is 137 cm³/mol. The zero-order valence-electron chi connectivity index (χ0n) is 20.8. The van der Waals surface area contributed by atoms with Gasteiger partial charge in [-0.15, -0.1) is 0 Å². The molecule has 0 amide bonds. The first kappa shape index (κ1) is 24.5. The summed E-state index contributed by atoms with van der Waals surface area (Å²) in [4.78, 5) is 11.7. The summed E-state index contributed by atoms with van der Waals surface area (Å²) in [5.74, 6) is 7.34. The molecule has 1 N–H and O–H groups in total. The largest absolute Gasteiger partial charge is 0.385 e. The van der Waals surface area contributed by atoms with Gasteiger partial charge in [-0.05, 0) is 37.1 Å². The molecular weight excluding hydrogens is 456 g/mol. The average Bonchev–Trinajstić information content (AvgIpc) is 3.57. The number of anilines is 1. The fourth-order valence-electron chi connectivity index (χ4n) is 4.67. The zero-order valence-corrected chi connectivity index (χ0v) is 20.8. The standard InChI is InChI=1S/C27H34N6O3/c1-22(34)27-28-8-9-33(27)21-24-20-26(36-29-24)7-4-23-2-5-25(6-3-23)32-14-12-30(13-15-32)10-11-31-16-18-35-19-17-31/h2-3,5-6,8-9,20,22,34H,10-19,21H2,1H3. The Morgan fingerprint density at radius 2 is 1.69 bits per heavy atom. The first-order valence-corrected chi connectivity index (χ1v) is 12.7. The van der Waals surface area contributed by atoms with Crippen molar-refractivity contribution in [3.8, 4) is 11.8 Å². The van der Waals surface area contributed by atoms with E-state index in [0.717, 1.165) is 76.8 Å². The second kappa shape index (κ2) is 11.7. The molecule has 5 rings (SSSR count). The summed E-state index contributed by atoms with van der Waals surface area (Å²) >= 11 is 0. The molecule has 3 aromatic rings. The first-order valence-electron chi connectivity index (χ1n) is 12.7. The van der Waals surface area contributed by atoms with E-state index in [1.807, 2.05) is 16.8 Å². The van der Waals surface area contributed by atoms with Gasteiger partial charge in [-0.25, -0.2) is 4.98 Å². The smallest absolute Gasteiger partial charge is 0.210 e. The van der Waals surface area contributed by atoms with Crippen molar-refractivity contribution in [1.29, 1.82) is 0 Å². The Balaban J connectivity index is 1.10. The number of morpholine rings is 1. The average molecular weight is 491 g/mol. The number of imidazole rings is 1. The van der Waals surface area contributed by atoms with Gasteiger partial charge in [0.2, 0.25) is 5.76 Å². The minimum absolute atomic E-state index is 0.473. The molecule has 0 spiro atoms. The number of rotatable bonds is 7. The molecule has 1 aromatic carbocycles. The molecule has 2 saturated heterocycles. The Morgan fingerprint density at radius 3 is 2.42 bits per heavy atom. The van der Waals surface area contributed by atoms with Crippen molar-refractivity contribution < 1.29 is 14.4 Å². The Morgan fingerprint density at radius 1 is 0.972 bits per heavy atom. The Hall–Kier alpha value is -3.16. The van der Waals surface area contributed by atoms with Gasteiger partial charge in [0, 0.05) is 82.1 Å². The van der Waals surface area contributed by atoms with E-state index in [-0.39, 0.29) is 0 Å². The normalized spacial score (nSPS) is 18.1. The minimum Gasteiger partial charge on any atom is -0.385 e. The molecule has 2 aliphatic rings. The highest BCUT2D eigenvalue weighted by Gasteiger charge is 2.18. The summed E-state index contributed by atoms with van der Waals surface area (Å²) in [5, 5.41) is 13.9. The fraction of sp³-hybridized carbons (Fsp3) is 0.481. The Bertz CT molecular complexity index is 1160. The van der Waals surface area contributed by atoms with Crippen LogP contribution in [0.15, 0.2) is 47.2 Å². The van der Waals surface area contributed by atoms with Crippen molar-refractivity contribution in [3.05, 3.63) is 65.6 Å². The third-order valence-electron chi connectivity index (χ3n) is 6.78. The van der Waals surface area contributed by atoms with Crippen LogP contribution in [0.4, 0.5) is 5.69 Å². The van der Waals surface area contributed by atoms with Gasteiger partial charge in [-0.3, -0.25) is 9.80 Å². The SMILES string of the molecule is CC(O)c1nccn1Cc1cc(C#Cc2ccc(N3CCN(CCN4CCOCC4)CC3)cc2)on1. The summed E-state index contributed by atoms with van der Waals surface area (Å²) in [5.41, 5.74) is 2.91. The van der Waals surface area contributed by atoms with E-state index in [1.165, 1.54) is 5.69 Å². The second-order valence-electron chi connectivity index (χ2n) is 9.35. The van der Waals surface area contributed by atoms with Gasteiger partial charge in [0.05, 0.1) is 19.8 Å². The summed E-state index contributed by atoms with van der Waals surface area (Å²) in [7, 11) is 0. The van der Waals surface area contributed by atoms with Crippen molar-refractivity contribution in [2.45, 2.75) is 19.6 Å². The number of ether oxygens (including phenoxy) is 1. The number of aliphatic hydroxyl groups is 1. The van der Waals surface area contributed by atoms with Crippen LogP contribution in [0, 0.1) is 11.8 Å². The van der Waals surface area contributed by atoms with Gasteiger partial charge < -0.3 is 23.8 Å². The van der Waals surface area contributed by atoms with Gasteiger partial charge in [0.15, 0.2) is 0 Å². The topological polar surface area (TPSA) is 83.0 Å². The maximum absolute atomic E-state index is 9.81. The van der Waals surface area contributed by atoms with Crippen LogP contribution in [0.3, 0.4) is 0 Å². The van der Waals surface area contributed by atoms with Crippen LogP contribution >= 0.6 is 0 Å². The van der Waals surface area contributed by atoms with Crippen molar-refractivity contribution in [1.82, 2.24) is 24.5 Å². The van der Waals surface area contributed by atoms with E-state index in [0.29, 0.717) is 18.1 Å². The lowest BCUT2D eigenvalue weighted by Crippen LogP contribution is -2.49. The van der Waals surface area contributed by atoms with Crippen LogP contribution in [0.5, 0.6) is 0 Å². The van der Waals surface area contributed by atoms with E-state index in [1.54, 1.807) is 13.1 Å². The van der Waals surface area contributed by atoms with Gasteiger partial charge in [-0.2, -0.15) is 0 Å². The molecule has 36 heavy (non-hydrogen) atoms. The molecule has 0 bridgehead atoms. The monoisotopic (exact) mass is 490 g/mol. The number of piperazine rings is 1. The van der Waals surface area contributed by atoms with Crippen LogP contribution < -0.4 is 4.90 Å². The molecule has 9 nitrogen and oxygen atoms in total. The van der Waals surface area contributed by atoms with Crippen molar-refractivity contribution in [2.24, 2.45) is 0 Å². The highest BCUT2D eigenvalue weighted by Crippen LogP contribution is 2.18. The second-order valence-corrected chi connectivity index (χ2v) is 9.35. The lowest BCUT2D eigenvalue weighted by atomic mass is 10.1. The molecular formula is C27H34N6O3. The zero-order chi connectivity index (χ0) is 24.7. The molecule has 190 valence electrons. The maximum Gasteiger partial charge on any atom is 0.210 e. The van der Waals surface area contributed by atoms with E-state index in [9.17, 15) is 5.11 Å². The van der Waals surface area contributed by atoms with Gasteiger partial charge in [0.1, 0.15) is 17.6 Å². The molecule has 2 fully saturated rings. The first-order chi connectivity index (χ1) is 17.6. The molecule has 1 unspecified atom stereocenters.